The number of Topliss-reactive ketones (excluding diaryl/α,β-unsaturated/α-hetero) is 1. The number of benzene rings is 1. The van der Waals surface area contributed by atoms with Gasteiger partial charge in [0, 0.05) is 14.8 Å². The first kappa shape index (κ1) is 16.2. The van der Waals surface area contributed by atoms with Gasteiger partial charge in [-0.15, -0.1) is 11.8 Å². The smallest absolute Gasteiger partial charge is 0.234 e. The summed E-state index contributed by atoms with van der Waals surface area (Å²) in [5.74, 6) is 1.69. The lowest BCUT2D eigenvalue weighted by molar-refractivity contribution is -0.125. The molecule has 0 bridgehead atoms. The van der Waals surface area contributed by atoms with Gasteiger partial charge in [-0.25, -0.2) is 0 Å². The predicted molar refractivity (Wildman–Crippen MR) is 86.2 cm³/mol. The number of nitrogens with zero attached hydrogens (tertiary/aromatic N) is 2. The average Bonchev–Trinajstić information content (AvgIpc) is 2.84. The lowest BCUT2D eigenvalue weighted by Crippen LogP contribution is -2.22. The summed E-state index contributed by atoms with van der Waals surface area (Å²) in [4.78, 5) is 17.3. The second-order valence-electron chi connectivity index (χ2n) is 5.67. The van der Waals surface area contributed by atoms with Gasteiger partial charge in [-0.3, -0.25) is 4.79 Å². The molecule has 6 heteroatoms. The van der Waals surface area contributed by atoms with Gasteiger partial charge in [0.2, 0.25) is 5.89 Å². The van der Waals surface area contributed by atoms with Gasteiger partial charge in [-0.2, -0.15) is 4.98 Å². The van der Waals surface area contributed by atoms with Crippen molar-refractivity contribution in [1.82, 2.24) is 10.1 Å². The number of hydrogen-bond donors (Lipinski definition) is 0. The molecular formula is C15H17BrN2O2S. The van der Waals surface area contributed by atoms with Crippen molar-refractivity contribution in [3.63, 3.8) is 0 Å². The summed E-state index contributed by atoms with van der Waals surface area (Å²) in [6, 6.07) is 7.97. The van der Waals surface area contributed by atoms with Crippen LogP contribution in [0.2, 0.25) is 0 Å². The molecule has 0 saturated carbocycles. The lowest BCUT2D eigenvalue weighted by Gasteiger charge is -2.14. The number of carbonyl (C=O) groups is 1. The van der Waals surface area contributed by atoms with Crippen molar-refractivity contribution in [2.75, 3.05) is 0 Å². The van der Waals surface area contributed by atoms with E-state index in [0.29, 0.717) is 17.5 Å². The molecule has 0 aliphatic carbocycles. The number of ketones is 1. The Morgan fingerprint density at radius 1 is 1.33 bits per heavy atom. The van der Waals surface area contributed by atoms with E-state index >= 15 is 0 Å². The molecule has 0 unspecified atom stereocenters. The summed E-state index contributed by atoms with van der Waals surface area (Å²) in [5.41, 5.74) is -0.391. The third kappa shape index (κ3) is 4.68. The highest BCUT2D eigenvalue weighted by atomic mass is 79.9. The van der Waals surface area contributed by atoms with E-state index in [2.05, 4.69) is 26.1 Å². The molecule has 0 aliphatic rings. The van der Waals surface area contributed by atoms with Crippen LogP contribution in [0.15, 0.2) is 38.2 Å². The molecule has 1 aromatic heterocycles. The molecule has 0 N–H and O–H groups in total. The fourth-order valence-corrected chi connectivity index (χ4v) is 2.94. The second-order valence-corrected chi connectivity index (χ2v) is 7.54. The molecule has 4 nitrogen and oxygen atoms in total. The van der Waals surface area contributed by atoms with Crippen LogP contribution in [0.5, 0.6) is 0 Å². The number of thioether (sulfide) groups is 1. The molecule has 0 saturated heterocycles. The first-order valence-electron chi connectivity index (χ1n) is 6.58. The molecule has 0 aliphatic heterocycles. The molecule has 21 heavy (non-hydrogen) atoms. The van der Waals surface area contributed by atoms with Crippen LogP contribution in [0, 0.1) is 5.41 Å². The average molecular weight is 369 g/mol. The maximum atomic E-state index is 11.9. The van der Waals surface area contributed by atoms with Crippen LogP contribution in [0.3, 0.4) is 0 Å². The summed E-state index contributed by atoms with van der Waals surface area (Å²) in [6.45, 7) is 5.65. The largest absolute Gasteiger partial charge is 0.339 e. The van der Waals surface area contributed by atoms with Gasteiger partial charge in [-0.1, -0.05) is 38.1 Å². The summed E-state index contributed by atoms with van der Waals surface area (Å²) < 4.78 is 6.19. The molecule has 0 amide bonds. The van der Waals surface area contributed by atoms with Crippen LogP contribution in [-0.2, 0) is 17.0 Å². The third-order valence-corrected chi connectivity index (χ3v) is 4.88. The zero-order valence-electron chi connectivity index (χ0n) is 12.2. The Kier molecular flexibility index (Phi) is 5.22. The highest BCUT2D eigenvalue weighted by Crippen LogP contribution is 2.29. The molecule has 1 heterocycles. The van der Waals surface area contributed by atoms with Gasteiger partial charge in [-0.05, 0) is 28.1 Å². The van der Waals surface area contributed by atoms with Gasteiger partial charge in [0.25, 0.3) is 0 Å². The molecule has 0 atom stereocenters. The van der Waals surface area contributed by atoms with Crippen molar-refractivity contribution in [3.8, 4) is 0 Å². The van der Waals surface area contributed by atoms with E-state index in [1.807, 2.05) is 45.0 Å². The maximum Gasteiger partial charge on any atom is 0.234 e. The van der Waals surface area contributed by atoms with Crippen molar-refractivity contribution < 1.29 is 9.32 Å². The fraction of sp³-hybridized carbons (Fsp3) is 0.400. The van der Waals surface area contributed by atoms with E-state index in [4.69, 9.17) is 4.52 Å². The standard InChI is InChI=1S/C15H17BrN2O2S/c1-15(2,3)12(19)8-14-17-13(18-20-14)9-21-11-7-5-4-6-10(11)16/h4-7H,8-9H2,1-3H3. The van der Waals surface area contributed by atoms with Crippen molar-refractivity contribution in [2.45, 2.75) is 37.8 Å². The number of halogens is 1. The highest BCUT2D eigenvalue weighted by molar-refractivity contribution is 9.10. The fourth-order valence-electron chi connectivity index (χ4n) is 1.53. The van der Waals surface area contributed by atoms with Crippen LogP contribution >= 0.6 is 27.7 Å². The molecule has 0 fully saturated rings. The van der Waals surface area contributed by atoms with Crippen LogP contribution in [0.1, 0.15) is 32.5 Å². The monoisotopic (exact) mass is 368 g/mol. The quantitative estimate of drug-likeness (QED) is 0.737. The van der Waals surface area contributed by atoms with E-state index in [9.17, 15) is 4.79 Å². The molecule has 0 spiro atoms. The molecule has 1 aromatic carbocycles. The van der Waals surface area contributed by atoms with E-state index < -0.39 is 5.41 Å². The van der Waals surface area contributed by atoms with Crippen molar-refractivity contribution in [1.29, 1.82) is 0 Å². The first-order valence-corrected chi connectivity index (χ1v) is 8.36. The molecule has 0 radical (unpaired) electrons. The van der Waals surface area contributed by atoms with Gasteiger partial charge >= 0.3 is 0 Å². The zero-order valence-corrected chi connectivity index (χ0v) is 14.6. The summed E-state index contributed by atoms with van der Waals surface area (Å²) in [6.07, 6.45) is 0.191. The third-order valence-electron chi connectivity index (χ3n) is 2.85. The first-order chi connectivity index (χ1) is 9.86. The minimum absolute atomic E-state index is 0.0937. The number of carbonyl (C=O) groups excluding carboxylic acids is 1. The topological polar surface area (TPSA) is 56.0 Å². The molecule has 112 valence electrons. The number of rotatable bonds is 5. The van der Waals surface area contributed by atoms with Gasteiger partial charge < -0.3 is 4.52 Å². The lowest BCUT2D eigenvalue weighted by atomic mass is 9.89. The van der Waals surface area contributed by atoms with E-state index in [1.54, 1.807) is 11.8 Å². The van der Waals surface area contributed by atoms with Crippen LogP contribution < -0.4 is 0 Å². The summed E-state index contributed by atoms with van der Waals surface area (Å²) >= 11 is 5.12. The summed E-state index contributed by atoms with van der Waals surface area (Å²) in [7, 11) is 0. The normalized spacial score (nSPS) is 11.6. The van der Waals surface area contributed by atoms with Gasteiger partial charge in [0.15, 0.2) is 5.82 Å². The Balaban J connectivity index is 1.95. The molecule has 2 rings (SSSR count). The molecule has 2 aromatic rings. The summed E-state index contributed by atoms with van der Waals surface area (Å²) in [5, 5.41) is 3.92. The van der Waals surface area contributed by atoms with Gasteiger partial charge in [0.05, 0.1) is 12.2 Å². The van der Waals surface area contributed by atoms with Crippen molar-refractivity contribution >= 4 is 33.5 Å². The Hall–Kier alpha value is -1.14. The van der Waals surface area contributed by atoms with E-state index in [1.165, 1.54) is 0 Å². The van der Waals surface area contributed by atoms with Gasteiger partial charge in [0.1, 0.15) is 5.78 Å². The predicted octanol–water partition coefficient (Wildman–Crippen LogP) is 4.28. The van der Waals surface area contributed by atoms with E-state index in [-0.39, 0.29) is 12.2 Å². The highest BCUT2D eigenvalue weighted by Gasteiger charge is 2.23. The molecular weight excluding hydrogens is 352 g/mol. The van der Waals surface area contributed by atoms with Crippen molar-refractivity contribution in [2.24, 2.45) is 5.41 Å². The maximum absolute atomic E-state index is 11.9. The minimum atomic E-state index is -0.391. The number of aromatic nitrogens is 2. The zero-order chi connectivity index (χ0) is 15.5. The Morgan fingerprint density at radius 3 is 2.71 bits per heavy atom. The van der Waals surface area contributed by atoms with E-state index in [0.717, 1.165) is 9.37 Å². The Labute approximate surface area is 136 Å². The van der Waals surface area contributed by atoms with Crippen LogP contribution in [0.25, 0.3) is 0 Å². The van der Waals surface area contributed by atoms with Crippen molar-refractivity contribution in [3.05, 3.63) is 40.5 Å². The second kappa shape index (κ2) is 6.75. The minimum Gasteiger partial charge on any atom is -0.339 e. The number of hydrogen-bond acceptors (Lipinski definition) is 5. The Morgan fingerprint density at radius 2 is 2.05 bits per heavy atom. The van der Waals surface area contributed by atoms with Crippen LogP contribution in [0.4, 0.5) is 0 Å². The SMILES string of the molecule is CC(C)(C)C(=O)Cc1nc(CSc2ccccc2Br)no1. The van der Waals surface area contributed by atoms with Crippen LogP contribution in [-0.4, -0.2) is 15.9 Å². The Bertz CT molecular complexity index is 635.